The topological polar surface area (TPSA) is 16.4 Å². The van der Waals surface area contributed by atoms with E-state index in [1.54, 1.807) is 0 Å². The van der Waals surface area contributed by atoms with Gasteiger partial charge in [0.25, 0.3) is 0 Å². The molecule has 0 radical (unpaired) electrons. The molecule has 8 aromatic carbocycles. The Bertz CT molecular complexity index is 2410. The molecule has 1 aromatic heterocycles. The predicted octanol–water partition coefficient (Wildman–Crippen LogP) is 12.1. The van der Waals surface area contributed by atoms with Crippen LogP contribution in [0.15, 0.2) is 168 Å². The summed E-state index contributed by atoms with van der Waals surface area (Å²) in [6.07, 6.45) is 0. The predicted molar refractivity (Wildman–Crippen MR) is 185 cm³/mol. The van der Waals surface area contributed by atoms with Gasteiger partial charge in [0.2, 0.25) is 0 Å². The highest BCUT2D eigenvalue weighted by Crippen LogP contribution is 2.41. The summed E-state index contributed by atoms with van der Waals surface area (Å²) in [5, 5.41) is 7.32. The van der Waals surface area contributed by atoms with Gasteiger partial charge in [0, 0.05) is 27.5 Å². The van der Waals surface area contributed by atoms with Gasteiger partial charge in [-0.05, 0) is 86.9 Å². The Morgan fingerprint density at radius 2 is 0.955 bits per heavy atom. The Labute approximate surface area is 255 Å². The molecule has 0 N–H and O–H groups in total. The van der Waals surface area contributed by atoms with Crippen molar-refractivity contribution in [3.8, 4) is 22.3 Å². The molecule has 9 aromatic rings. The van der Waals surface area contributed by atoms with Gasteiger partial charge < -0.3 is 9.32 Å². The summed E-state index contributed by atoms with van der Waals surface area (Å²) in [5.41, 5.74) is 10.0. The lowest BCUT2D eigenvalue weighted by atomic mass is 9.96. The molecule has 0 aliphatic heterocycles. The van der Waals surface area contributed by atoms with Crippen LogP contribution >= 0.6 is 0 Å². The number of furan rings is 1. The maximum Gasteiger partial charge on any atom is 0.136 e. The third kappa shape index (κ3) is 3.96. The van der Waals surface area contributed by atoms with Crippen molar-refractivity contribution in [2.24, 2.45) is 0 Å². The van der Waals surface area contributed by atoms with Crippen LogP contribution in [0.3, 0.4) is 0 Å². The molecule has 0 atom stereocenters. The Morgan fingerprint density at radius 3 is 1.77 bits per heavy atom. The van der Waals surface area contributed by atoms with E-state index in [0.29, 0.717) is 0 Å². The molecule has 206 valence electrons. The lowest BCUT2D eigenvalue weighted by molar-refractivity contribution is 0.669. The summed E-state index contributed by atoms with van der Waals surface area (Å²) < 4.78 is 6.28. The van der Waals surface area contributed by atoms with E-state index in [2.05, 4.69) is 169 Å². The Balaban J connectivity index is 1.07. The number of rotatable bonds is 5. The van der Waals surface area contributed by atoms with Crippen LogP contribution in [0.25, 0.3) is 65.7 Å². The zero-order chi connectivity index (χ0) is 29.0. The Kier molecular flexibility index (Phi) is 5.54. The van der Waals surface area contributed by atoms with Gasteiger partial charge >= 0.3 is 0 Å². The third-order valence-electron chi connectivity index (χ3n) is 8.80. The van der Waals surface area contributed by atoms with E-state index in [1.807, 2.05) is 0 Å². The number of hydrogen-bond donors (Lipinski definition) is 0. The average Bonchev–Trinajstić information content (AvgIpc) is 3.48. The molecule has 0 aliphatic carbocycles. The Morgan fingerprint density at radius 1 is 0.364 bits per heavy atom. The van der Waals surface area contributed by atoms with E-state index >= 15 is 0 Å². The second-order valence-electron chi connectivity index (χ2n) is 11.4. The van der Waals surface area contributed by atoms with E-state index in [-0.39, 0.29) is 0 Å². The molecule has 2 heteroatoms. The highest BCUT2D eigenvalue weighted by molar-refractivity contribution is 6.22. The van der Waals surface area contributed by atoms with Crippen LogP contribution in [0.2, 0.25) is 0 Å². The minimum absolute atomic E-state index is 0.943. The fourth-order valence-corrected chi connectivity index (χ4v) is 6.69. The molecule has 0 saturated heterocycles. The summed E-state index contributed by atoms with van der Waals surface area (Å²) in [5.74, 6) is 0. The average molecular weight is 562 g/mol. The molecule has 9 rings (SSSR count). The summed E-state index contributed by atoms with van der Waals surface area (Å²) >= 11 is 0. The molecule has 2 nitrogen and oxygen atoms in total. The lowest BCUT2D eigenvalue weighted by Crippen LogP contribution is -2.10. The maximum atomic E-state index is 6.28. The van der Waals surface area contributed by atoms with Crippen LogP contribution in [0.4, 0.5) is 17.1 Å². The van der Waals surface area contributed by atoms with Crippen molar-refractivity contribution in [3.63, 3.8) is 0 Å². The number of fused-ring (bicyclic) bond motifs is 1. The van der Waals surface area contributed by atoms with Gasteiger partial charge in [0.15, 0.2) is 0 Å². The van der Waals surface area contributed by atoms with E-state index in [4.69, 9.17) is 4.42 Å². The Hall–Kier alpha value is -5.86. The molecule has 0 bridgehead atoms. The fraction of sp³-hybridized carbons (Fsp3) is 0. The van der Waals surface area contributed by atoms with Crippen molar-refractivity contribution in [2.75, 3.05) is 4.90 Å². The van der Waals surface area contributed by atoms with Crippen molar-refractivity contribution in [1.29, 1.82) is 0 Å². The molecule has 1 heterocycles. The molecule has 0 amide bonds. The summed E-state index contributed by atoms with van der Waals surface area (Å²) in [7, 11) is 0. The van der Waals surface area contributed by atoms with Gasteiger partial charge in [-0.1, -0.05) is 115 Å². The first-order valence-electron chi connectivity index (χ1n) is 15.0. The van der Waals surface area contributed by atoms with Crippen LogP contribution in [0, 0.1) is 0 Å². The van der Waals surface area contributed by atoms with Crippen molar-refractivity contribution in [3.05, 3.63) is 164 Å². The molecule has 0 aliphatic rings. The van der Waals surface area contributed by atoms with E-state index < -0.39 is 0 Å². The van der Waals surface area contributed by atoms with Crippen LogP contribution < -0.4 is 4.90 Å². The van der Waals surface area contributed by atoms with Crippen molar-refractivity contribution < 1.29 is 4.42 Å². The van der Waals surface area contributed by atoms with Gasteiger partial charge in [-0.3, -0.25) is 0 Å². The van der Waals surface area contributed by atoms with Crippen LogP contribution in [0.5, 0.6) is 0 Å². The minimum atomic E-state index is 0.943. The monoisotopic (exact) mass is 561 g/mol. The third-order valence-corrected chi connectivity index (χ3v) is 8.80. The molecular weight excluding hydrogens is 534 g/mol. The summed E-state index contributed by atoms with van der Waals surface area (Å²) in [4.78, 5) is 2.34. The molecule has 44 heavy (non-hydrogen) atoms. The number of benzene rings is 8. The number of nitrogens with zero attached hydrogens (tertiary/aromatic N) is 1. The molecule has 0 unspecified atom stereocenters. The van der Waals surface area contributed by atoms with Crippen molar-refractivity contribution >= 4 is 60.5 Å². The standard InChI is InChI=1S/C42H27NO/c1-2-11-35(12-3-1)43(38-14-6-9-31-8-4-5-13-37(31)38)36-24-22-29(23-25-36)28-16-18-30(19-17-28)34-26-33-21-20-32-10-7-15-39-41(32)42(33)40(27-34)44-39/h1-27H. The second-order valence-corrected chi connectivity index (χ2v) is 11.4. The first-order chi connectivity index (χ1) is 21.8. The van der Waals surface area contributed by atoms with Crippen molar-refractivity contribution in [2.45, 2.75) is 0 Å². The van der Waals surface area contributed by atoms with Crippen LogP contribution in [-0.4, -0.2) is 0 Å². The molecular formula is C42H27NO. The second kappa shape index (κ2) is 9.86. The minimum Gasteiger partial charge on any atom is -0.456 e. The zero-order valence-electron chi connectivity index (χ0n) is 23.9. The van der Waals surface area contributed by atoms with Gasteiger partial charge in [0.1, 0.15) is 11.2 Å². The summed E-state index contributed by atoms with van der Waals surface area (Å²) in [6.45, 7) is 0. The van der Waals surface area contributed by atoms with E-state index in [0.717, 1.165) is 33.8 Å². The van der Waals surface area contributed by atoms with Gasteiger partial charge in [-0.2, -0.15) is 0 Å². The van der Waals surface area contributed by atoms with Crippen molar-refractivity contribution in [1.82, 2.24) is 0 Å². The van der Waals surface area contributed by atoms with Gasteiger partial charge in [0.05, 0.1) is 5.69 Å². The number of para-hydroxylation sites is 1. The highest BCUT2D eigenvalue weighted by Gasteiger charge is 2.16. The van der Waals surface area contributed by atoms with Crippen LogP contribution in [0.1, 0.15) is 0 Å². The normalized spacial score (nSPS) is 11.6. The zero-order valence-corrected chi connectivity index (χ0v) is 23.9. The van der Waals surface area contributed by atoms with Gasteiger partial charge in [-0.25, -0.2) is 0 Å². The maximum absolute atomic E-state index is 6.28. The molecule has 0 spiro atoms. The van der Waals surface area contributed by atoms with E-state index in [9.17, 15) is 0 Å². The first kappa shape index (κ1) is 24.7. The molecule has 0 saturated carbocycles. The fourth-order valence-electron chi connectivity index (χ4n) is 6.69. The number of hydrogen-bond acceptors (Lipinski definition) is 2. The summed E-state index contributed by atoms with van der Waals surface area (Å²) in [6, 6.07) is 58.5. The molecule has 0 fully saturated rings. The smallest absolute Gasteiger partial charge is 0.136 e. The SMILES string of the molecule is c1ccc(N(c2ccc(-c3ccc(-c4cc5ccc6cccc7oc(c4)c5c67)cc3)cc2)c2cccc3ccccc23)cc1. The van der Waals surface area contributed by atoms with E-state index in [1.165, 1.54) is 49.0 Å². The lowest BCUT2D eigenvalue weighted by Gasteiger charge is -2.27. The van der Waals surface area contributed by atoms with Gasteiger partial charge in [-0.15, -0.1) is 0 Å². The quantitative estimate of drug-likeness (QED) is 0.194. The first-order valence-corrected chi connectivity index (χ1v) is 15.0. The number of anilines is 3. The highest BCUT2D eigenvalue weighted by atomic mass is 16.3. The largest absolute Gasteiger partial charge is 0.456 e. The van der Waals surface area contributed by atoms with Crippen LogP contribution in [-0.2, 0) is 0 Å².